The van der Waals surface area contributed by atoms with Crippen molar-refractivity contribution in [2.24, 2.45) is 5.41 Å². The Kier molecular flexibility index (Phi) is 3.37. The minimum absolute atomic E-state index is 0.116. The van der Waals surface area contributed by atoms with Crippen LogP contribution < -0.4 is 0 Å². The third-order valence-electron chi connectivity index (χ3n) is 1.69. The zero-order valence-electron chi connectivity index (χ0n) is 8.43. The monoisotopic (exact) mass is 276 g/mol. The van der Waals surface area contributed by atoms with Crippen LogP contribution in [0.2, 0.25) is 0 Å². The van der Waals surface area contributed by atoms with Crippen LogP contribution in [0.15, 0.2) is 9.85 Å². The van der Waals surface area contributed by atoms with E-state index in [1.807, 2.05) is 6.07 Å². The average molecular weight is 277 g/mol. The van der Waals surface area contributed by atoms with Gasteiger partial charge in [-0.15, -0.1) is 11.3 Å². The van der Waals surface area contributed by atoms with Crippen molar-refractivity contribution in [1.29, 1.82) is 0 Å². The normalized spacial score (nSPS) is 11.7. The summed E-state index contributed by atoms with van der Waals surface area (Å²) in [6.45, 7) is 6.30. The lowest BCUT2D eigenvalue weighted by molar-refractivity contribution is 0.0701. The molecule has 0 saturated carbocycles. The molecule has 0 unspecified atom stereocenters. The number of carbonyl (C=O) groups is 1. The highest BCUT2D eigenvalue weighted by Gasteiger charge is 2.19. The molecule has 1 rings (SSSR count). The van der Waals surface area contributed by atoms with Crippen molar-refractivity contribution >= 4 is 33.2 Å². The number of hydrogen-bond donors (Lipinski definition) is 1. The predicted molar refractivity (Wildman–Crippen MR) is 62.1 cm³/mol. The van der Waals surface area contributed by atoms with Crippen molar-refractivity contribution in [2.45, 2.75) is 27.2 Å². The van der Waals surface area contributed by atoms with Crippen LogP contribution >= 0.6 is 27.3 Å². The molecule has 1 aromatic heterocycles. The number of thiophene rings is 1. The number of hydrogen-bond acceptors (Lipinski definition) is 2. The van der Waals surface area contributed by atoms with Gasteiger partial charge in [0.15, 0.2) is 0 Å². The van der Waals surface area contributed by atoms with E-state index in [1.54, 1.807) is 0 Å². The lowest BCUT2D eigenvalue weighted by atomic mass is 9.88. The van der Waals surface area contributed by atoms with Gasteiger partial charge in [0.25, 0.3) is 0 Å². The quantitative estimate of drug-likeness (QED) is 0.892. The van der Waals surface area contributed by atoms with Crippen LogP contribution in [0, 0.1) is 5.41 Å². The maximum atomic E-state index is 10.9. The van der Waals surface area contributed by atoms with Crippen molar-refractivity contribution < 1.29 is 9.90 Å². The molecule has 0 aliphatic carbocycles. The second kappa shape index (κ2) is 4.03. The van der Waals surface area contributed by atoms with Crippen LogP contribution in [0.4, 0.5) is 0 Å². The van der Waals surface area contributed by atoms with E-state index in [9.17, 15) is 4.79 Å². The first kappa shape index (κ1) is 11.7. The molecular weight excluding hydrogens is 264 g/mol. The molecule has 0 aromatic carbocycles. The lowest BCUT2D eigenvalue weighted by Crippen LogP contribution is -2.11. The molecule has 2 nitrogen and oxygen atoms in total. The van der Waals surface area contributed by atoms with Gasteiger partial charge in [-0.25, -0.2) is 4.79 Å². The van der Waals surface area contributed by atoms with Crippen LogP contribution in [-0.2, 0) is 6.42 Å². The topological polar surface area (TPSA) is 37.3 Å². The highest BCUT2D eigenvalue weighted by atomic mass is 79.9. The predicted octanol–water partition coefficient (Wildman–Crippen LogP) is 3.80. The lowest BCUT2D eigenvalue weighted by Gasteiger charge is -2.17. The first-order chi connectivity index (χ1) is 6.29. The summed E-state index contributed by atoms with van der Waals surface area (Å²) in [5, 5.41) is 8.97. The summed E-state index contributed by atoms with van der Waals surface area (Å²) in [7, 11) is 0. The summed E-state index contributed by atoms with van der Waals surface area (Å²) in [6.07, 6.45) is 0.788. The molecule has 0 aliphatic heterocycles. The Morgan fingerprint density at radius 1 is 1.57 bits per heavy atom. The number of carboxylic acid groups (broad SMARTS) is 1. The maximum Gasteiger partial charge on any atom is 0.346 e. The molecule has 1 heterocycles. The summed E-state index contributed by atoms with van der Waals surface area (Å²) in [6, 6.07) is 1.90. The van der Waals surface area contributed by atoms with Crippen LogP contribution in [0.3, 0.4) is 0 Å². The minimum atomic E-state index is -0.833. The molecule has 0 fully saturated rings. The maximum absolute atomic E-state index is 10.9. The first-order valence-electron chi connectivity index (χ1n) is 4.31. The highest BCUT2D eigenvalue weighted by molar-refractivity contribution is 9.11. The summed E-state index contributed by atoms with van der Waals surface area (Å²) in [5.74, 6) is -0.833. The van der Waals surface area contributed by atoms with Crippen LogP contribution in [0.5, 0.6) is 0 Å². The molecule has 1 N–H and O–H groups in total. The zero-order valence-corrected chi connectivity index (χ0v) is 10.8. The number of aromatic carboxylic acids is 1. The molecule has 0 spiro atoms. The molecule has 4 heteroatoms. The van der Waals surface area contributed by atoms with Gasteiger partial charge in [-0.2, -0.15) is 0 Å². The number of rotatable bonds is 2. The smallest absolute Gasteiger partial charge is 0.346 e. The van der Waals surface area contributed by atoms with E-state index in [1.165, 1.54) is 11.3 Å². The molecule has 0 atom stereocenters. The van der Waals surface area contributed by atoms with E-state index < -0.39 is 5.97 Å². The Labute approximate surface area is 96.1 Å². The summed E-state index contributed by atoms with van der Waals surface area (Å²) < 4.78 is 0.883. The Morgan fingerprint density at radius 2 is 2.14 bits per heavy atom. The van der Waals surface area contributed by atoms with Gasteiger partial charge < -0.3 is 5.11 Å². The van der Waals surface area contributed by atoms with Gasteiger partial charge in [-0.3, -0.25) is 0 Å². The highest BCUT2D eigenvalue weighted by Crippen LogP contribution is 2.31. The van der Waals surface area contributed by atoms with Crippen LogP contribution in [-0.4, -0.2) is 11.1 Å². The van der Waals surface area contributed by atoms with Crippen molar-refractivity contribution in [3.8, 4) is 0 Å². The fourth-order valence-electron chi connectivity index (χ4n) is 1.28. The van der Waals surface area contributed by atoms with Gasteiger partial charge in [0.2, 0.25) is 0 Å². The third-order valence-corrected chi connectivity index (χ3v) is 3.36. The Hall–Kier alpha value is -0.350. The Morgan fingerprint density at radius 3 is 2.57 bits per heavy atom. The van der Waals surface area contributed by atoms with E-state index in [0.29, 0.717) is 4.88 Å². The fraction of sp³-hybridized carbons (Fsp3) is 0.500. The van der Waals surface area contributed by atoms with Gasteiger partial charge in [0.05, 0.1) is 3.79 Å². The molecule has 0 amide bonds. The molecular formula is C10H13BrO2S. The molecule has 0 aliphatic rings. The van der Waals surface area contributed by atoms with Gasteiger partial charge >= 0.3 is 5.97 Å². The zero-order chi connectivity index (χ0) is 10.9. The SMILES string of the molecule is CC(C)(C)Cc1cc(Br)sc1C(=O)O. The molecule has 0 bridgehead atoms. The van der Waals surface area contributed by atoms with Crippen molar-refractivity contribution in [2.75, 3.05) is 0 Å². The van der Waals surface area contributed by atoms with E-state index in [4.69, 9.17) is 5.11 Å². The fourth-order valence-corrected chi connectivity index (χ4v) is 2.79. The van der Waals surface area contributed by atoms with Crippen molar-refractivity contribution in [3.63, 3.8) is 0 Å². The second-order valence-corrected chi connectivity index (χ2v) is 6.88. The van der Waals surface area contributed by atoms with Crippen molar-refractivity contribution in [3.05, 3.63) is 20.3 Å². The molecule has 0 radical (unpaired) electrons. The standard InChI is InChI=1S/C10H13BrO2S/c1-10(2,3)5-6-4-7(11)14-8(6)9(12)13/h4H,5H2,1-3H3,(H,12,13). The van der Waals surface area contributed by atoms with E-state index in [-0.39, 0.29) is 5.41 Å². The molecule has 78 valence electrons. The third kappa shape index (κ3) is 3.10. The minimum Gasteiger partial charge on any atom is -0.477 e. The first-order valence-corrected chi connectivity index (χ1v) is 5.92. The summed E-state index contributed by atoms with van der Waals surface area (Å²) >= 11 is 4.59. The molecule has 1 aromatic rings. The van der Waals surface area contributed by atoms with Crippen LogP contribution in [0.25, 0.3) is 0 Å². The van der Waals surface area contributed by atoms with Gasteiger partial charge in [0, 0.05) is 0 Å². The van der Waals surface area contributed by atoms with E-state index in [2.05, 4.69) is 36.7 Å². The van der Waals surface area contributed by atoms with Gasteiger partial charge in [-0.1, -0.05) is 20.8 Å². The average Bonchev–Trinajstić information content (AvgIpc) is 2.27. The summed E-state index contributed by atoms with van der Waals surface area (Å²) in [4.78, 5) is 11.4. The Bertz CT molecular complexity index is 349. The summed E-state index contributed by atoms with van der Waals surface area (Å²) in [5.41, 5.74) is 1.03. The van der Waals surface area contributed by atoms with Gasteiger partial charge in [-0.05, 0) is 39.4 Å². The molecule has 14 heavy (non-hydrogen) atoms. The number of carboxylic acids is 1. The Balaban J connectivity index is 3.02. The number of halogens is 1. The van der Waals surface area contributed by atoms with E-state index in [0.717, 1.165) is 15.8 Å². The second-order valence-electron chi connectivity index (χ2n) is 4.45. The van der Waals surface area contributed by atoms with E-state index >= 15 is 0 Å². The van der Waals surface area contributed by atoms with Gasteiger partial charge in [0.1, 0.15) is 4.88 Å². The molecule has 0 saturated heterocycles. The van der Waals surface area contributed by atoms with Crippen LogP contribution in [0.1, 0.15) is 36.0 Å². The van der Waals surface area contributed by atoms with Crippen molar-refractivity contribution in [1.82, 2.24) is 0 Å². The largest absolute Gasteiger partial charge is 0.477 e.